The van der Waals surface area contributed by atoms with Crippen LogP contribution in [0.25, 0.3) is 0 Å². The average molecular weight is 474 g/mol. The van der Waals surface area contributed by atoms with Gasteiger partial charge in [-0.1, -0.05) is 43.7 Å². The molecule has 35 heavy (non-hydrogen) atoms. The number of anilines is 3. The Labute approximate surface area is 210 Å². The Kier molecular flexibility index (Phi) is 8.80. The molecule has 0 saturated heterocycles. The first-order chi connectivity index (χ1) is 16.7. The van der Waals surface area contributed by atoms with Gasteiger partial charge in [-0.2, -0.15) is 0 Å². The number of nitrogens with zero attached hydrogens (tertiary/aromatic N) is 3. The second-order valence-electron chi connectivity index (χ2n) is 9.56. The van der Waals surface area contributed by atoms with Crippen LogP contribution >= 0.6 is 0 Å². The smallest absolute Gasteiger partial charge is 0.338 e. The summed E-state index contributed by atoms with van der Waals surface area (Å²) < 4.78 is 5.70. The molecule has 0 atom stereocenters. The molecule has 3 aromatic carbocycles. The van der Waals surface area contributed by atoms with Crippen LogP contribution < -0.4 is 14.7 Å². The molecule has 0 saturated carbocycles. The zero-order chi connectivity index (χ0) is 25.5. The van der Waals surface area contributed by atoms with E-state index in [0.29, 0.717) is 12.2 Å². The van der Waals surface area contributed by atoms with Gasteiger partial charge in [-0.3, -0.25) is 0 Å². The van der Waals surface area contributed by atoms with E-state index in [1.807, 2.05) is 53.3 Å². The summed E-state index contributed by atoms with van der Waals surface area (Å²) >= 11 is 0. The SMILES string of the molecule is CCCCOC(=O)c1cc(N(C)C)ccc1C(c1ccc(N(C)C)cc1)c1ccc(N(C)C)cc1. The summed E-state index contributed by atoms with van der Waals surface area (Å²) in [6.07, 6.45) is 1.84. The lowest BCUT2D eigenvalue weighted by Crippen LogP contribution is -2.16. The second-order valence-corrected chi connectivity index (χ2v) is 9.56. The van der Waals surface area contributed by atoms with Gasteiger partial charge in [0.2, 0.25) is 0 Å². The van der Waals surface area contributed by atoms with E-state index >= 15 is 0 Å². The van der Waals surface area contributed by atoms with E-state index in [4.69, 9.17) is 4.74 Å². The minimum Gasteiger partial charge on any atom is -0.462 e. The molecule has 0 aromatic heterocycles. The number of hydrogen-bond donors (Lipinski definition) is 0. The third-order valence-corrected chi connectivity index (χ3v) is 6.30. The third-order valence-electron chi connectivity index (χ3n) is 6.30. The van der Waals surface area contributed by atoms with Crippen LogP contribution in [0, 0.1) is 0 Å². The van der Waals surface area contributed by atoms with E-state index in [9.17, 15) is 4.79 Å². The zero-order valence-electron chi connectivity index (χ0n) is 22.2. The van der Waals surface area contributed by atoms with E-state index in [0.717, 1.165) is 46.6 Å². The first kappa shape index (κ1) is 26.1. The summed E-state index contributed by atoms with van der Waals surface area (Å²) in [5.41, 5.74) is 7.08. The fraction of sp³-hybridized carbons (Fsp3) is 0.367. The van der Waals surface area contributed by atoms with Gasteiger partial charge in [-0.25, -0.2) is 4.79 Å². The fourth-order valence-corrected chi connectivity index (χ4v) is 4.12. The Morgan fingerprint density at radius 2 is 1.17 bits per heavy atom. The molecule has 0 unspecified atom stereocenters. The van der Waals surface area contributed by atoms with Crippen LogP contribution in [0.3, 0.4) is 0 Å². The highest BCUT2D eigenvalue weighted by molar-refractivity contribution is 5.93. The van der Waals surface area contributed by atoms with E-state index < -0.39 is 0 Å². The number of ether oxygens (including phenoxy) is 1. The Morgan fingerprint density at radius 1 is 0.714 bits per heavy atom. The van der Waals surface area contributed by atoms with Crippen LogP contribution in [0.2, 0.25) is 0 Å². The highest BCUT2D eigenvalue weighted by atomic mass is 16.5. The van der Waals surface area contributed by atoms with Crippen molar-refractivity contribution in [1.29, 1.82) is 0 Å². The lowest BCUT2D eigenvalue weighted by Gasteiger charge is -2.24. The maximum Gasteiger partial charge on any atom is 0.338 e. The molecule has 0 aliphatic heterocycles. The van der Waals surface area contributed by atoms with Gasteiger partial charge in [-0.15, -0.1) is 0 Å². The number of carbonyl (C=O) groups is 1. The van der Waals surface area contributed by atoms with Gasteiger partial charge in [0.15, 0.2) is 0 Å². The quantitative estimate of drug-likeness (QED) is 0.204. The van der Waals surface area contributed by atoms with Gasteiger partial charge in [0.25, 0.3) is 0 Å². The number of esters is 1. The molecule has 5 heteroatoms. The van der Waals surface area contributed by atoms with Gasteiger partial charge >= 0.3 is 5.97 Å². The standard InChI is InChI=1S/C30H39N3O2/c1-8-9-20-35-30(34)28-21-26(33(6)7)18-19-27(28)29(22-10-14-24(15-11-22)31(2)3)23-12-16-25(17-13-23)32(4)5/h10-19,21,29H,8-9,20H2,1-7H3. The maximum atomic E-state index is 13.3. The van der Waals surface area contributed by atoms with E-state index in [1.54, 1.807) is 0 Å². The molecule has 0 aliphatic rings. The maximum absolute atomic E-state index is 13.3. The molecule has 0 radical (unpaired) electrons. The van der Waals surface area contributed by atoms with Gasteiger partial charge in [0, 0.05) is 65.3 Å². The number of carbonyl (C=O) groups excluding carboxylic acids is 1. The molecule has 0 N–H and O–H groups in total. The summed E-state index contributed by atoms with van der Waals surface area (Å²) in [7, 11) is 12.1. The lowest BCUT2D eigenvalue weighted by molar-refractivity contribution is 0.0498. The fourth-order valence-electron chi connectivity index (χ4n) is 4.12. The normalized spacial score (nSPS) is 10.9. The molecule has 0 fully saturated rings. The van der Waals surface area contributed by atoms with Crippen LogP contribution in [0.1, 0.15) is 52.7 Å². The molecule has 3 aromatic rings. The third kappa shape index (κ3) is 6.36. The Bertz CT molecular complexity index is 1050. The monoisotopic (exact) mass is 473 g/mol. The summed E-state index contributed by atoms with van der Waals surface area (Å²) in [5.74, 6) is -0.371. The van der Waals surface area contributed by atoms with Crippen molar-refractivity contribution in [3.05, 3.63) is 89.0 Å². The van der Waals surface area contributed by atoms with Gasteiger partial charge < -0.3 is 19.4 Å². The second kappa shape index (κ2) is 11.8. The predicted molar refractivity (Wildman–Crippen MR) is 148 cm³/mol. The largest absolute Gasteiger partial charge is 0.462 e. The highest BCUT2D eigenvalue weighted by Crippen LogP contribution is 2.37. The first-order valence-electron chi connectivity index (χ1n) is 12.3. The van der Waals surface area contributed by atoms with Crippen LogP contribution in [-0.4, -0.2) is 54.9 Å². The van der Waals surface area contributed by atoms with Crippen LogP contribution in [0.4, 0.5) is 17.1 Å². The molecule has 186 valence electrons. The molecule has 0 bridgehead atoms. The highest BCUT2D eigenvalue weighted by Gasteiger charge is 2.25. The van der Waals surface area contributed by atoms with Crippen molar-refractivity contribution in [3.63, 3.8) is 0 Å². The van der Waals surface area contributed by atoms with Gasteiger partial charge in [0.05, 0.1) is 12.2 Å². The minimum absolute atomic E-state index is 0.104. The molecular formula is C30H39N3O2. The van der Waals surface area contributed by atoms with Crippen molar-refractivity contribution in [1.82, 2.24) is 0 Å². The molecule has 0 amide bonds. The summed E-state index contributed by atoms with van der Waals surface area (Å²) in [6.45, 7) is 2.53. The zero-order valence-corrected chi connectivity index (χ0v) is 22.2. The first-order valence-corrected chi connectivity index (χ1v) is 12.3. The molecule has 0 aliphatic carbocycles. The van der Waals surface area contributed by atoms with Crippen molar-refractivity contribution in [2.24, 2.45) is 0 Å². The van der Waals surface area contributed by atoms with Crippen molar-refractivity contribution >= 4 is 23.0 Å². The van der Waals surface area contributed by atoms with Gasteiger partial charge in [0.1, 0.15) is 0 Å². The van der Waals surface area contributed by atoms with Crippen LogP contribution in [0.15, 0.2) is 66.7 Å². The van der Waals surface area contributed by atoms with E-state index in [1.165, 1.54) is 0 Å². The molecular weight excluding hydrogens is 434 g/mol. The van der Waals surface area contributed by atoms with Crippen molar-refractivity contribution in [3.8, 4) is 0 Å². The summed E-state index contributed by atoms with van der Waals surface area (Å²) in [6, 6.07) is 23.3. The van der Waals surface area contributed by atoms with Crippen molar-refractivity contribution < 1.29 is 9.53 Å². The number of rotatable bonds is 10. The molecule has 0 heterocycles. The van der Waals surface area contributed by atoms with Crippen molar-refractivity contribution in [2.75, 3.05) is 63.6 Å². The number of benzene rings is 3. The molecule has 0 spiro atoms. The molecule has 5 nitrogen and oxygen atoms in total. The molecule has 3 rings (SSSR count). The number of unbranched alkanes of at least 4 members (excludes halogenated alkanes) is 1. The lowest BCUT2D eigenvalue weighted by atomic mass is 9.82. The minimum atomic E-state index is -0.267. The Morgan fingerprint density at radius 3 is 1.60 bits per heavy atom. The predicted octanol–water partition coefficient (Wildman–Crippen LogP) is 6.02. The number of hydrogen-bond acceptors (Lipinski definition) is 5. The Balaban J connectivity index is 2.17. The van der Waals surface area contributed by atoms with Gasteiger partial charge in [-0.05, 0) is 59.5 Å². The summed E-state index contributed by atoms with van der Waals surface area (Å²) in [4.78, 5) is 19.5. The Hall–Kier alpha value is -3.47. The summed E-state index contributed by atoms with van der Waals surface area (Å²) in [5, 5.41) is 0. The van der Waals surface area contributed by atoms with Crippen LogP contribution in [0.5, 0.6) is 0 Å². The average Bonchev–Trinajstić information content (AvgIpc) is 2.85. The van der Waals surface area contributed by atoms with E-state index in [-0.39, 0.29) is 11.9 Å². The topological polar surface area (TPSA) is 36.0 Å². The van der Waals surface area contributed by atoms with Crippen molar-refractivity contribution in [2.45, 2.75) is 25.7 Å². The van der Waals surface area contributed by atoms with Crippen LogP contribution in [-0.2, 0) is 4.74 Å². The van der Waals surface area contributed by atoms with E-state index in [2.05, 4.69) is 77.4 Å².